The van der Waals surface area contributed by atoms with Crippen LogP contribution in [0.15, 0.2) is 29.3 Å². The molecule has 0 aliphatic carbocycles. The van der Waals surface area contributed by atoms with Crippen molar-refractivity contribution in [1.29, 1.82) is 0 Å². The summed E-state index contributed by atoms with van der Waals surface area (Å²) in [5, 5.41) is 0. The van der Waals surface area contributed by atoms with Crippen LogP contribution in [0.1, 0.15) is 31.4 Å². The highest BCUT2D eigenvalue weighted by Crippen LogP contribution is 2.23. The van der Waals surface area contributed by atoms with Gasteiger partial charge in [-0.1, -0.05) is 12.1 Å². The lowest BCUT2D eigenvalue weighted by molar-refractivity contribution is 0.559. The fourth-order valence-electron chi connectivity index (χ4n) is 2.09. The fraction of sp³-hybridized carbons (Fsp3) is 0.462. The first-order chi connectivity index (χ1) is 7.81. The van der Waals surface area contributed by atoms with Gasteiger partial charge in [0.15, 0.2) is 0 Å². The molecule has 0 radical (unpaired) electrons. The van der Waals surface area contributed by atoms with Crippen molar-refractivity contribution in [2.45, 2.75) is 25.8 Å². The van der Waals surface area contributed by atoms with Gasteiger partial charge in [0.05, 0.1) is 6.04 Å². The molecule has 84 valence electrons. The van der Waals surface area contributed by atoms with E-state index in [9.17, 15) is 4.79 Å². The third-order valence-corrected chi connectivity index (χ3v) is 3.09. The van der Waals surface area contributed by atoms with Gasteiger partial charge in [0.25, 0.3) is 0 Å². The summed E-state index contributed by atoms with van der Waals surface area (Å²) in [5.41, 5.74) is 2.33. The molecule has 0 aromatic heterocycles. The van der Waals surface area contributed by atoms with E-state index in [1.165, 1.54) is 18.5 Å². The molecule has 1 saturated heterocycles. The molecule has 0 bridgehead atoms. The normalized spacial score (nSPS) is 16.9. The molecule has 16 heavy (non-hydrogen) atoms. The van der Waals surface area contributed by atoms with Gasteiger partial charge in [-0.15, -0.1) is 0 Å². The standard InChI is InChI=1S/C13H16N2O/c1-11(14-10-16)12-4-6-13(7-5-12)15-8-2-3-9-15/h4-7,11H,2-3,8-9H2,1H3. The average molecular weight is 216 g/mol. The van der Waals surface area contributed by atoms with Crippen LogP contribution >= 0.6 is 0 Å². The summed E-state index contributed by atoms with van der Waals surface area (Å²) in [6, 6.07) is 8.21. The second-order valence-electron chi connectivity index (χ2n) is 4.18. The number of isocyanates is 1. The Morgan fingerprint density at radius 3 is 2.44 bits per heavy atom. The molecular formula is C13H16N2O. The largest absolute Gasteiger partial charge is 0.372 e. The molecule has 3 nitrogen and oxygen atoms in total. The third kappa shape index (κ3) is 2.31. The first kappa shape index (κ1) is 10.9. The van der Waals surface area contributed by atoms with Crippen LogP contribution in [-0.4, -0.2) is 19.2 Å². The number of benzene rings is 1. The molecule has 0 N–H and O–H groups in total. The molecule has 1 unspecified atom stereocenters. The highest BCUT2D eigenvalue weighted by molar-refractivity contribution is 5.49. The van der Waals surface area contributed by atoms with Crippen LogP contribution in [0, 0.1) is 0 Å². The average Bonchev–Trinajstić information content (AvgIpc) is 2.83. The first-order valence-electron chi connectivity index (χ1n) is 5.73. The summed E-state index contributed by atoms with van der Waals surface area (Å²) in [7, 11) is 0. The predicted molar refractivity (Wildman–Crippen MR) is 64.4 cm³/mol. The summed E-state index contributed by atoms with van der Waals surface area (Å²) in [5.74, 6) is 0. The van der Waals surface area contributed by atoms with Gasteiger partial charge in [0.2, 0.25) is 6.08 Å². The van der Waals surface area contributed by atoms with Crippen molar-refractivity contribution in [3.05, 3.63) is 29.8 Å². The Bertz CT molecular complexity index is 387. The SMILES string of the molecule is CC(N=C=O)c1ccc(N2CCCC2)cc1. The predicted octanol–water partition coefficient (Wildman–Crippen LogP) is 2.68. The number of carbonyl (C=O) groups excluding carboxylic acids is 1. The molecular weight excluding hydrogens is 200 g/mol. The Kier molecular flexibility index (Phi) is 3.37. The van der Waals surface area contributed by atoms with E-state index >= 15 is 0 Å². The van der Waals surface area contributed by atoms with E-state index in [1.807, 2.05) is 19.1 Å². The molecule has 1 aliphatic heterocycles. The minimum atomic E-state index is -0.0925. The minimum absolute atomic E-state index is 0.0925. The van der Waals surface area contributed by atoms with Crippen molar-refractivity contribution in [2.24, 2.45) is 4.99 Å². The van der Waals surface area contributed by atoms with Crippen molar-refractivity contribution in [3.63, 3.8) is 0 Å². The van der Waals surface area contributed by atoms with Gasteiger partial charge in [-0.3, -0.25) is 0 Å². The van der Waals surface area contributed by atoms with E-state index in [0.29, 0.717) is 0 Å². The van der Waals surface area contributed by atoms with E-state index in [2.05, 4.69) is 22.0 Å². The number of anilines is 1. The van der Waals surface area contributed by atoms with Crippen molar-refractivity contribution in [3.8, 4) is 0 Å². The molecule has 2 rings (SSSR count). The number of aliphatic imine (C=N–C) groups is 1. The van der Waals surface area contributed by atoms with E-state index < -0.39 is 0 Å². The molecule has 0 amide bonds. The molecule has 1 aromatic carbocycles. The Morgan fingerprint density at radius 2 is 1.88 bits per heavy atom. The van der Waals surface area contributed by atoms with Crippen LogP contribution in [-0.2, 0) is 4.79 Å². The molecule has 1 atom stereocenters. The number of rotatable bonds is 3. The number of hydrogen-bond donors (Lipinski definition) is 0. The van der Waals surface area contributed by atoms with Crippen LogP contribution in [0.2, 0.25) is 0 Å². The van der Waals surface area contributed by atoms with Crippen LogP contribution in [0.3, 0.4) is 0 Å². The lowest BCUT2D eigenvalue weighted by Gasteiger charge is -2.18. The molecule has 0 spiro atoms. The van der Waals surface area contributed by atoms with Crippen LogP contribution < -0.4 is 4.90 Å². The van der Waals surface area contributed by atoms with Crippen LogP contribution in [0.5, 0.6) is 0 Å². The molecule has 0 saturated carbocycles. The minimum Gasteiger partial charge on any atom is -0.372 e. The highest BCUT2D eigenvalue weighted by Gasteiger charge is 2.12. The maximum absolute atomic E-state index is 10.2. The summed E-state index contributed by atoms with van der Waals surface area (Å²) in [6.07, 6.45) is 4.17. The summed E-state index contributed by atoms with van der Waals surface area (Å²) in [4.78, 5) is 16.3. The van der Waals surface area contributed by atoms with E-state index in [-0.39, 0.29) is 6.04 Å². The summed E-state index contributed by atoms with van der Waals surface area (Å²) >= 11 is 0. The van der Waals surface area contributed by atoms with Gasteiger partial charge < -0.3 is 4.90 Å². The summed E-state index contributed by atoms with van der Waals surface area (Å²) in [6.45, 7) is 4.21. The van der Waals surface area contributed by atoms with Crippen molar-refractivity contribution in [2.75, 3.05) is 18.0 Å². The molecule has 1 heterocycles. The third-order valence-electron chi connectivity index (χ3n) is 3.09. The topological polar surface area (TPSA) is 32.7 Å². The monoisotopic (exact) mass is 216 g/mol. The van der Waals surface area contributed by atoms with Crippen molar-refractivity contribution in [1.82, 2.24) is 0 Å². The number of hydrogen-bond acceptors (Lipinski definition) is 3. The highest BCUT2D eigenvalue weighted by atomic mass is 16.1. The number of nitrogens with zero attached hydrogens (tertiary/aromatic N) is 2. The Balaban J connectivity index is 2.12. The van der Waals surface area contributed by atoms with Gasteiger partial charge in [-0.2, -0.15) is 4.99 Å². The van der Waals surface area contributed by atoms with Crippen LogP contribution in [0.25, 0.3) is 0 Å². The lowest BCUT2D eigenvalue weighted by Crippen LogP contribution is -2.17. The maximum atomic E-state index is 10.2. The zero-order valence-corrected chi connectivity index (χ0v) is 9.52. The van der Waals surface area contributed by atoms with Crippen molar-refractivity contribution >= 4 is 11.8 Å². The second kappa shape index (κ2) is 4.95. The lowest BCUT2D eigenvalue weighted by atomic mass is 10.1. The quantitative estimate of drug-likeness (QED) is 0.575. The first-order valence-corrected chi connectivity index (χ1v) is 5.73. The Morgan fingerprint density at radius 1 is 1.25 bits per heavy atom. The second-order valence-corrected chi connectivity index (χ2v) is 4.18. The van der Waals surface area contributed by atoms with E-state index in [1.54, 1.807) is 6.08 Å². The molecule has 1 aromatic rings. The van der Waals surface area contributed by atoms with Gasteiger partial charge >= 0.3 is 0 Å². The molecule has 3 heteroatoms. The van der Waals surface area contributed by atoms with Gasteiger partial charge in [-0.25, -0.2) is 4.79 Å². The smallest absolute Gasteiger partial charge is 0.235 e. The molecule has 1 fully saturated rings. The molecule has 1 aliphatic rings. The zero-order chi connectivity index (χ0) is 11.4. The van der Waals surface area contributed by atoms with Crippen molar-refractivity contribution < 1.29 is 4.79 Å². The zero-order valence-electron chi connectivity index (χ0n) is 9.52. The van der Waals surface area contributed by atoms with E-state index in [0.717, 1.165) is 18.7 Å². The fourth-order valence-corrected chi connectivity index (χ4v) is 2.09. The van der Waals surface area contributed by atoms with Gasteiger partial charge in [-0.05, 0) is 37.5 Å². The Hall–Kier alpha value is -1.60. The van der Waals surface area contributed by atoms with Gasteiger partial charge in [0.1, 0.15) is 0 Å². The van der Waals surface area contributed by atoms with Crippen LogP contribution in [0.4, 0.5) is 5.69 Å². The summed E-state index contributed by atoms with van der Waals surface area (Å²) < 4.78 is 0. The Labute approximate surface area is 95.8 Å². The van der Waals surface area contributed by atoms with Gasteiger partial charge in [0, 0.05) is 18.8 Å². The van der Waals surface area contributed by atoms with E-state index in [4.69, 9.17) is 0 Å². The maximum Gasteiger partial charge on any atom is 0.235 e.